The summed E-state index contributed by atoms with van der Waals surface area (Å²) in [4.78, 5) is 14.1. The van der Waals surface area contributed by atoms with Gasteiger partial charge in [0, 0.05) is 13.1 Å². The Labute approximate surface area is 183 Å². The molecule has 0 atom stereocenters. The van der Waals surface area contributed by atoms with Crippen molar-refractivity contribution in [1.82, 2.24) is 10.2 Å². The maximum Gasteiger partial charge on any atom is 0.412 e. The standard InChI is InChI=1S/C23H30N2O6/c1-25(2)12-11-24-23(26)31-19-13-16(9-10-18(19)27-3)7-8-17-14-20(28-4)22(30-6)21(15-17)29-5/h7-10,13-15H,11-12H2,1-6H3,(H,24,26)/b8-7-. The van der Waals surface area contributed by atoms with Crippen molar-refractivity contribution in [3.8, 4) is 28.7 Å². The fourth-order valence-corrected chi connectivity index (χ4v) is 2.78. The van der Waals surface area contributed by atoms with Crippen LogP contribution < -0.4 is 29.0 Å². The first-order chi connectivity index (χ1) is 14.9. The third-order valence-electron chi connectivity index (χ3n) is 4.37. The van der Waals surface area contributed by atoms with E-state index in [4.69, 9.17) is 23.7 Å². The van der Waals surface area contributed by atoms with E-state index in [1.807, 2.05) is 49.3 Å². The summed E-state index contributed by atoms with van der Waals surface area (Å²) in [6.07, 6.45) is 3.25. The Hall–Kier alpha value is -3.39. The van der Waals surface area contributed by atoms with Gasteiger partial charge in [0.15, 0.2) is 23.0 Å². The van der Waals surface area contributed by atoms with Crippen LogP contribution in [0.1, 0.15) is 11.1 Å². The van der Waals surface area contributed by atoms with Crippen molar-refractivity contribution in [2.24, 2.45) is 0 Å². The molecule has 0 unspecified atom stereocenters. The first kappa shape index (κ1) is 23.9. The van der Waals surface area contributed by atoms with Gasteiger partial charge in [-0.25, -0.2) is 4.79 Å². The van der Waals surface area contributed by atoms with Gasteiger partial charge in [-0.1, -0.05) is 18.2 Å². The predicted molar refractivity (Wildman–Crippen MR) is 121 cm³/mol. The largest absolute Gasteiger partial charge is 0.493 e. The number of nitrogens with one attached hydrogen (secondary N) is 1. The van der Waals surface area contributed by atoms with Crippen molar-refractivity contribution < 1.29 is 28.5 Å². The van der Waals surface area contributed by atoms with Crippen LogP contribution in [0.25, 0.3) is 12.2 Å². The summed E-state index contributed by atoms with van der Waals surface area (Å²) in [6, 6.07) is 9.04. The van der Waals surface area contributed by atoms with Crippen molar-refractivity contribution in [3.05, 3.63) is 41.5 Å². The van der Waals surface area contributed by atoms with Crippen molar-refractivity contribution >= 4 is 18.2 Å². The van der Waals surface area contributed by atoms with Crippen LogP contribution >= 0.6 is 0 Å². The van der Waals surface area contributed by atoms with Gasteiger partial charge >= 0.3 is 6.09 Å². The summed E-state index contributed by atoms with van der Waals surface area (Å²) < 4.78 is 26.9. The van der Waals surface area contributed by atoms with Gasteiger partial charge < -0.3 is 33.9 Å². The highest BCUT2D eigenvalue weighted by atomic mass is 16.6. The lowest BCUT2D eigenvalue weighted by molar-refractivity contribution is 0.197. The third kappa shape index (κ3) is 6.82. The molecule has 31 heavy (non-hydrogen) atoms. The molecule has 8 heteroatoms. The summed E-state index contributed by atoms with van der Waals surface area (Å²) in [5, 5.41) is 2.71. The summed E-state index contributed by atoms with van der Waals surface area (Å²) in [5.41, 5.74) is 1.68. The number of methoxy groups -OCH3 is 4. The molecule has 0 saturated carbocycles. The van der Waals surface area contributed by atoms with Crippen LogP contribution in [0.3, 0.4) is 0 Å². The molecular weight excluding hydrogens is 400 g/mol. The summed E-state index contributed by atoms with van der Waals surface area (Å²) in [6.45, 7) is 1.19. The van der Waals surface area contributed by atoms with E-state index >= 15 is 0 Å². The monoisotopic (exact) mass is 430 g/mol. The molecule has 2 aromatic carbocycles. The Morgan fingerprint density at radius 2 is 1.42 bits per heavy atom. The first-order valence-electron chi connectivity index (χ1n) is 9.68. The molecule has 0 aliphatic rings. The second kappa shape index (κ2) is 11.7. The maximum atomic E-state index is 12.1. The molecule has 0 spiro atoms. The van der Waals surface area contributed by atoms with Gasteiger partial charge in [0.2, 0.25) is 5.75 Å². The first-order valence-corrected chi connectivity index (χ1v) is 9.68. The highest BCUT2D eigenvalue weighted by Crippen LogP contribution is 2.38. The molecule has 2 rings (SSSR count). The van der Waals surface area contributed by atoms with Gasteiger partial charge in [-0.05, 0) is 49.5 Å². The summed E-state index contributed by atoms with van der Waals surface area (Å²) >= 11 is 0. The number of benzene rings is 2. The molecule has 0 radical (unpaired) electrons. The Kier molecular flexibility index (Phi) is 9.02. The maximum absolute atomic E-state index is 12.1. The van der Waals surface area contributed by atoms with Crippen LogP contribution in [0.2, 0.25) is 0 Å². The molecule has 0 aromatic heterocycles. The second-order valence-corrected chi connectivity index (χ2v) is 6.82. The van der Waals surface area contributed by atoms with E-state index in [-0.39, 0.29) is 0 Å². The Morgan fingerprint density at radius 3 is 1.97 bits per heavy atom. The van der Waals surface area contributed by atoms with Crippen molar-refractivity contribution in [2.75, 3.05) is 55.6 Å². The third-order valence-corrected chi connectivity index (χ3v) is 4.37. The Morgan fingerprint density at radius 1 is 0.839 bits per heavy atom. The predicted octanol–water partition coefficient (Wildman–Crippen LogP) is 3.54. The summed E-state index contributed by atoms with van der Waals surface area (Å²) in [7, 11) is 10.1. The molecule has 0 aliphatic heterocycles. The van der Waals surface area contributed by atoms with Crippen LogP contribution in [0.15, 0.2) is 30.3 Å². The SMILES string of the molecule is COc1ccc(/C=C\c2cc(OC)c(OC)c(OC)c2)cc1OC(=O)NCCN(C)C. The second-order valence-electron chi connectivity index (χ2n) is 6.82. The number of rotatable bonds is 10. The number of nitrogens with zero attached hydrogens (tertiary/aromatic N) is 1. The molecule has 0 fully saturated rings. The minimum absolute atomic E-state index is 0.330. The molecule has 8 nitrogen and oxygen atoms in total. The smallest absolute Gasteiger partial charge is 0.412 e. The van der Waals surface area contributed by atoms with Gasteiger partial charge in [-0.15, -0.1) is 0 Å². The molecular formula is C23H30N2O6. The number of likely N-dealkylation sites (N-methyl/N-ethyl adjacent to an activating group) is 1. The zero-order valence-corrected chi connectivity index (χ0v) is 18.9. The highest BCUT2D eigenvalue weighted by Gasteiger charge is 2.13. The minimum Gasteiger partial charge on any atom is -0.493 e. The molecule has 0 heterocycles. The number of amides is 1. The van der Waals surface area contributed by atoms with E-state index in [1.165, 1.54) is 7.11 Å². The van der Waals surface area contributed by atoms with E-state index in [1.54, 1.807) is 33.5 Å². The van der Waals surface area contributed by atoms with Crippen molar-refractivity contribution in [3.63, 3.8) is 0 Å². The quantitative estimate of drug-likeness (QED) is 0.578. The van der Waals surface area contributed by atoms with Gasteiger partial charge in [0.25, 0.3) is 0 Å². The van der Waals surface area contributed by atoms with Gasteiger partial charge in [-0.2, -0.15) is 0 Å². The van der Waals surface area contributed by atoms with Gasteiger partial charge in [0.05, 0.1) is 28.4 Å². The average molecular weight is 431 g/mol. The molecule has 168 valence electrons. The Balaban J connectivity index is 2.21. The lowest BCUT2D eigenvalue weighted by Gasteiger charge is -2.13. The Bertz CT molecular complexity index is 886. The molecule has 0 aliphatic carbocycles. The van der Waals surface area contributed by atoms with Gasteiger partial charge in [0.1, 0.15) is 0 Å². The molecule has 1 N–H and O–H groups in total. The fourth-order valence-electron chi connectivity index (χ4n) is 2.78. The van der Waals surface area contributed by atoms with Crippen LogP contribution in [0, 0.1) is 0 Å². The zero-order valence-electron chi connectivity index (χ0n) is 18.9. The minimum atomic E-state index is -0.536. The van der Waals surface area contributed by atoms with Gasteiger partial charge in [-0.3, -0.25) is 0 Å². The van der Waals surface area contributed by atoms with Crippen LogP contribution in [0.5, 0.6) is 28.7 Å². The molecule has 2 aromatic rings. The zero-order chi connectivity index (χ0) is 22.8. The molecule has 1 amide bonds. The van der Waals surface area contributed by atoms with Crippen LogP contribution in [-0.2, 0) is 0 Å². The van der Waals surface area contributed by atoms with E-state index < -0.39 is 6.09 Å². The van der Waals surface area contributed by atoms with Crippen molar-refractivity contribution in [2.45, 2.75) is 0 Å². The summed E-state index contributed by atoms with van der Waals surface area (Å²) in [5.74, 6) is 2.46. The molecule has 0 bridgehead atoms. The number of carbonyl (C=O) groups is 1. The van der Waals surface area contributed by atoms with E-state index in [0.717, 1.165) is 11.1 Å². The fraction of sp³-hybridized carbons (Fsp3) is 0.348. The van der Waals surface area contributed by atoms with E-state index in [2.05, 4.69) is 5.32 Å². The average Bonchev–Trinajstić information content (AvgIpc) is 2.76. The number of carbonyl (C=O) groups excluding carboxylic acids is 1. The number of ether oxygens (including phenoxy) is 5. The number of hydrogen-bond acceptors (Lipinski definition) is 7. The normalized spacial score (nSPS) is 10.8. The van der Waals surface area contributed by atoms with Crippen LogP contribution in [0.4, 0.5) is 4.79 Å². The topological polar surface area (TPSA) is 78.5 Å². The number of hydrogen-bond donors (Lipinski definition) is 1. The lowest BCUT2D eigenvalue weighted by Crippen LogP contribution is -2.33. The molecule has 0 saturated heterocycles. The van der Waals surface area contributed by atoms with Crippen LogP contribution in [-0.4, -0.2) is 66.6 Å². The highest BCUT2D eigenvalue weighted by molar-refractivity contribution is 5.75. The van der Waals surface area contributed by atoms with Crippen molar-refractivity contribution in [1.29, 1.82) is 0 Å². The van der Waals surface area contributed by atoms with E-state index in [9.17, 15) is 4.79 Å². The van der Waals surface area contributed by atoms with E-state index in [0.29, 0.717) is 41.8 Å². The lowest BCUT2D eigenvalue weighted by atomic mass is 10.1.